The van der Waals surface area contributed by atoms with E-state index in [9.17, 15) is 0 Å². The predicted octanol–water partition coefficient (Wildman–Crippen LogP) is 11.4. The van der Waals surface area contributed by atoms with Crippen LogP contribution in [0.15, 0.2) is 146 Å². The molecule has 7 aromatic carbocycles. The maximum atomic E-state index is 2.37. The second-order valence-corrected chi connectivity index (χ2v) is 11.1. The summed E-state index contributed by atoms with van der Waals surface area (Å²) >= 11 is 1.91. The number of benzene rings is 7. The molecule has 0 saturated heterocycles. The van der Waals surface area contributed by atoms with E-state index in [1.165, 1.54) is 75.1 Å². The number of hydrogen-bond acceptors (Lipinski definition) is 1. The number of thiophene rings is 1. The topological polar surface area (TPSA) is 0 Å². The Morgan fingerprint density at radius 2 is 0.821 bits per heavy atom. The Bertz CT molecular complexity index is 2170. The van der Waals surface area contributed by atoms with Crippen molar-refractivity contribution in [3.8, 4) is 33.4 Å². The second-order valence-electron chi connectivity index (χ2n) is 10.1. The van der Waals surface area contributed by atoms with Gasteiger partial charge in [-0.3, -0.25) is 0 Å². The largest absolute Gasteiger partial charge is 0.134 e. The Kier molecular flexibility index (Phi) is 5.11. The molecule has 1 aromatic heterocycles. The number of fused-ring (bicyclic) bond motifs is 6. The quantitative estimate of drug-likeness (QED) is 0.207. The molecule has 1 heterocycles. The molecule has 0 aliphatic heterocycles. The van der Waals surface area contributed by atoms with Gasteiger partial charge in [0, 0.05) is 20.2 Å². The molecule has 182 valence electrons. The lowest BCUT2D eigenvalue weighted by Gasteiger charge is -2.12. The number of hydrogen-bond donors (Lipinski definition) is 0. The minimum Gasteiger partial charge on any atom is -0.134 e. The minimum atomic E-state index is 1.25. The van der Waals surface area contributed by atoms with Crippen molar-refractivity contribution >= 4 is 53.1 Å². The van der Waals surface area contributed by atoms with Gasteiger partial charge in [0.1, 0.15) is 0 Å². The van der Waals surface area contributed by atoms with Crippen molar-refractivity contribution in [2.75, 3.05) is 0 Å². The van der Waals surface area contributed by atoms with Crippen LogP contribution in [-0.4, -0.2) is 0 Å². The van der Waals surface area contributed by atoms with Crippen LogP contribution in [0.2, 0.25) is 0 Å². The fourth-order valence-corrected chi connectivity index (χ4v) is 7.41. The standard InChI is InChI=1S/C38H24S/c1-2-11-25(12-3-1)30-19-9-21-34-35-22-10-20-31(38(35)39-37(30)34)26-14-8-15-27(23-26)36-24-28-13-4-5-16-29(28)32-17-6-7-18-33(32)36/h1-24H. The van der Waals surface area contributed by atoms with Crippen molar-refractivity contribution < 1.29 is 0 Å². The second kappa shape index (κ2) is 8.94. The van der Waals surface area contributed by atoms with Crippen LogP contribution in [0.25, 0.3) is 75.1 Å². The van der Waals surface area contributed by atoms with E-state index in [2.05, 4.69) is 146 Å². The molecule has 0 unspecified atom stereocenters. The van der Waals surface area contributed by atoms with Crippen molar-refractivity contribution in [2.45, 2.75) is 0 Å². The van der Waals surface area contributed by atoms with E-state index in [1.54, 1.807) is 0 Å². The zero-order valence-electron chi connectivity index (χ0n) is 21.3. The molecule has 0 fully saturated rings. The van der Waals surface area contributed by atoms with E-state index in [0.29, 0.717) is 0 Å². The van der Waals surface area contributed by atoms with Gasteiger partial charge in [-0.15, -0.1) is 11.3 Å². The highest BCUT2D eigenvalue weighted by atomic mass is 32.1. The van der Waals surface area contributed by atoms with Gasteiger partial charge in [0.05, 0.1) is 0 Å². The Morgan fingerprint density at radius 1 is 0.308 bits per heavy atom. The highest BCUT2D eigenvalue weighted by Gasteiger charge is 2.15. The van der Waals surface area contributed by atoms with E-state index in [0.717, 1.165) is 0 Å². The van der Waals surface area contributed by atoms with E-state index in [4.69, 9.17) is 0 Å². The molecule has 0 aliphatic rings. The zero-order valence-corrected chi connectivity index (χ0v) is 22.1. The molecule has 8 aromatic rings. The first-order valence-corrected chi connectivity index (χ1v) is 14.2. The molecule has 39 heavy (non-hydrogen) atoms. The molecule has 0 aliphatic carbocycles. The molecule has 0 saturated carbocycles. The fourth-order valence-electron chi connectivity index (χ4n) is 6.04. The highest BCUT2D eigenvalue weighted by molar-refractivity contribution is 7.26. The third-order valence-corrected chi connectivity index (χ3v) is 9.15. The minimum absolute atomic E-state index is 1.25. The van der Waals surface area contributed by atoms with Gasteiger partial charge >= 0.3 is 0 Å². The van der Waals surface area contributed by atoms with E-state index < -0.39 is 0 Å². The van der Waals surface area contributed by atoms with Crippen LogP contribution < -0.4 is 0 Å². The Hall–Kier alpha value is -4.72. The summed E-state index contributed by atoms with van der Waals surface area (Å²) in [5, 5.41) is 7.83. The lowest BCUT2D eigenvalue weighted by Crippen LogP contribution is -1.86. The smallest absolute Gasteiger partial charge is 0.0434 e. The predicted molar refractivity (Wildman–Crippen MR) is 171 cm³/mol. The third kappa shape index (κ3) is 3.59. The Morgan fingerprint density at radius 3 is 1.56 bits per heavy atom. The van der Waals surface area contributed by atoms with Crippen molar-refractivity contribution in [1.82, 2.24) is 0 Å². The summed E-state index contributed by atoms with van der Waals surface area (Å²) < 4.78 is 2.69. The van der Waals surface area contributed by atoms with Crippen LogP contribution in [0, 0.1) is 0 Å². The van der Waals surface area contributed by atoms with Gasteiger partial charge in [-0.25, -0.2) is 0 Å². The summed E-state index contributed by atoms with van der Waals surface area (Å²) in [6, 6.07) is 53.1. The van der Waals surface area contributed by atoms with Gasteiger partial charge in [0.15, 0.2) is 0 Å². The van der Waals surface area contributed by atoms with Gasteiger partial charge in [-0.05, 0) is 67.1 Å². The van der Waals surface area contributed by atoms with Gasteiger partial charge in [-0.1, -0.05) is 133 Å². The Balaban J connectivity index is 1.34. The average molecular weight is 513 g/mol. The van der Waals surface area contributed by atoms with Crippen LogP contribution in [0.3, 0.4) is 0 Å². The summed E-state index contributed by atoms with van der Waals surface area (Å²) in [4.78, 5) is 0. The summed E-state index contributed by atoms with van der Waals surface area (Å²) in [6.07, 6.45) is 0. The van der Waals surface area contributed by atoms with E-state index in [1.807, 2.05) is 11.3 Å². The highest BCUT2D eigenvalue weighted by Crippen LogP contribution is 2.44. The fraction of sp³-hybridized carbons (Fsp3) is 0. The van der Waals surface area contributed by atoms with Crippen LogP contribution in [0.1, 0.15) is 0 Å². The summed E-state index contributed by atoms with van der Waals surface area (Å²) in [5.74, 6) is 0. The molecule has 0 spiro atoms. The maximum absolute atomic E-state index is 2.37. The third-order valence-electron chi connectivity index (χ3n) is 7.86. The van der Waals surface area contributed by atoms with Gasteiger partial charge in [-0.2, -0.15) is 0 Å². The van der Waals surface area contributed by atoms with Crippen LogP contribution in [0.5, 0.6) is 0 Å². The first-order valence-electron chi connectivity index (χ1n) is 13.4. The van der Waals surface area contributed by atoms with Crippen molar-refractivity contribution in [3.05, 3.63) is 146 Å². The van der Waals surface area contributed by atoms with Gasteiger partial charge in [0.25, 0.3) is 0 Å². The van der Waals surface area contributed by atoms with Gasteiger partial charge < -0.3 is 0 Å². The van der Waals surface area contributed by atoms with Crippen LogP contribution >= 0.6 is 11.3 Å². The van der Waals surface area contributed by atoms with E-state index >= 15 is 0 Å². The molecule has 8 rings (SSSR count). The molecular weight excluding hydrogens is 488 g/mol. The Labute approximate surface area is 231 Å². The lowest BCUT2D eigenvalue weighted by molar-refractivity contribution is 1.64. The summed E-state index contributed by atoms with van der Waals surface area (Å²) in [7, 11) is 0. The summed E-state index contributed by atoms with van der Waals surface area (Å²) in [5.41, 5.74) is 7.64. The zero-order chi connectivity index (χ0) is 25.8. The molecule has 1 heteroatoms. The molecular formula is C38H24S. The first kappa shape index (κ1) is 22.3. The van der Waals surface area contributed by atoms with Crippen LogP contribution in [-0.2, 0) is 0 Å². The van der Waals surface area contributed by atoms with E-state index in [-0.39, 0.29) is 0 Å². The van der Waals surface area contributed by atoms with Crippen molar-refractivity contribution in [2.24, 2.45) is 0 Å². The SMILES string of the molecule is c1ccc(-c2cccc3c2sc2c(-c4cccc(-c5cc6ccccc6c6ccccc56)c4)cccc23)cc1. The maximum Gasteiger partial charge on any atom is 0.0434 e. The average Bonchev–Trinajstić information content (AvgIpc) is 3.40. The molecule has 0 radical (unpaired) electrons. The molecule has 0 N–H and O–H groups in total. The van der Waals surface area contributed by atoms with Crippen LogP contribution in [0.4, 0.5) is 0 Å². The first-order chi connectivity index (χ1) is 19.3. The molecule has 0 nitrogen and oxygen atoms in total. The normalized spacial score (nSPS) is 11.6. The monoisotopic (exact) mass is 512 g/mol. The van der Waals surface area contributed by atoms with Crippen molar-refractivity contribution in [1.29, 1.82) is 0 Å². The molecule has 0 bridgehead atoms. The molecule has 0 atom stereocenters. The van der Waals surface area contributed by atoms with Gasteiger partial charge in [0.2, 0.25) is 0 Å². The van der Waals surface area contributed by atoms with Crippen molar-refractivity contribution in [3.63, 3.8) is 0 Å². The molecule has 0 amide bonds. The number of rotatable bonds is 3. The lowest BCUT2D eigenvalue weighted by atomic mass is 9.91. The summed E-state index contributed by atoms with van der Waals surface area (Å²) in [6.45, 7) is 0.